The minimum Gasteiger partial charge on any atom is -0.394 e. The van der Waals surface area contributed by atoms with Crippen molar-refractivity contribution in [3.8, 4) is 0 Å². The number of nitrogens with zero attached hydrogens (tertiary/aromatic N) is 3. The lowest BCUT2D eigenvalue weighted by Crippen LogP contribution is -2.59. The van der Waals surface area contributed by atoms with Crippen molar-refractivity contribution in [3.05, 3.63) is 97.1 Å². The molecule has 8 heteroatoms. The summed E-state index contributed by atoms with van der Waals surface area (Å²) < 4.78 is -0.762. The number of hydrogen-bond acceptors (Lipinski definition) is 5. The van der Waals surface area contributed by atoms with Gasteiger partial charge in [-0.2, -0.15) is 0 Å². The van der Waals surface area contributed by atoms with Gasteiger partial charge < -0.3 is 19.8 Å². The predicted molar refractivity (Wildman–Crippen MR) is 180 cm³/mol. The number of fused-ring (bicyclic) bond motifs is 1. The lowest BCUT2D eigenvalue weighted by molar-refractivity contribution is -0.147. The molecule has 0 aromatic heterocycles. The van der Waals surface area contributed by atoms with Crippen molar-refractivity contribution < 1.29 is 19.5 Å². The summed E-state index contributed by atoms with van der Waals surface area (Å²) in [5.74, 6) is -1.51. The third kappa shape index (κ3) is 6.11. The highest BCUT2D eigenvalue weighted by atomic mass is 32.2. The molecule has 1 spiro atoms. The first kappa shape index (κ1) is 33.0. The first-order valence-electron chi connectivity index (χ1n) is 16.3. The molecule has 3 fully saturated rings. The number of hydrogen-bond donors (Lipinski definition) is 1. The number of unbranched alkanes of at least 4 members (excludes halogenated alkanes) is 1. The standard InChI is InChI=1S/C37H47N3O4S/c1-5-8-21-38(19-6-2)36(44)33-37-26(4)22-30(45-37)31(34(42)39(20-7-3)24-28-17-13-10-14-18-28)32(37)35(43)40(33)29(25-41)23-27-15-11-9-12-16-27/h6-7,9-18,26,29-33,41H,2-3,5,8,19-25H2,1,4H3/t26?,29-,30-,31+,32+,33?,37?/m1/s1. The SMILES string of the molecule is C=CCN(CCCC)C(=O)C1N([C@@H](CO)Cc2ccccc2)C(=O)[C@@H]2[C@@H](C(=O)N(CC=C)Cc3ccccc3)[C@H]3CC(C)C12S3. The molecule has 2 bridgehead atoms. The van der Waals surface area contributed by atoms with Crippen LogP contribution in [0.5, 0.6) is 0 Å². The van der Waals surface area contributed by atoms with E-state index >= 15 is 0 Å². The van der Waals surface area contributed by atoms with Crippen LogP contribution in [0.1, 0.15) is 44.2 Å². The fourth-order valence-corrected chi connectivity index (χ4v) is 10.3. The summed E-state index contributed by atoms with van der Waals surface area (Å²) >= 11 is 1.68. The van der Waals surface area contributed by atoms with Crippen molar-refractivity contribution in [2.24, 2.45) is 17.8 Å². The maximum atomic E-state index is 14.9. The van der Waals surface area contributed by atoms with Crippen LogP contribution in [-0.4, -0.2) is 85.8 Å². The van der Waals surface area contributed by atoms with Crippen LogP contribution in [-0.2, 0) is 27.3 Å². The smallest absolute Gasteiger partial charge is 0.247 e. The van der Waals surface area contributed by atoms with Gasteiger partial charge in [0.25, 0.3) is 0 Å². The van der Waals surface area contributed by atoms with E-state index in [4.69, 9.17) is 0 Å². The van der Waals surface area contributed by atoms with Gasteiger partial charge in [0, 0.05) is 31.4 Å². The molecular weight excluding hydrogens is 582 g/mol. The number of aliphatic hydroxyl groups excluding tert-OH is 1. The highest BCUT2D eigenvalue weighted by Crippen LogP contribution is 2.69. The number of carbonyl (C=O) groups is 3. The highest BCUT2D eigenvalue weighted by Gasteiger charge is 2.77. The Labute approximate surface area is 272 Å². The zero-order valence-electron chi connectivity index (χ0n) is 26.6. The zero-order valence-corrected chi connectivity index (χ0v) is 27.4. The molecule has 3 aliphatic heterocycles. The average molecular weight is 630 g/mol. The average Bonchev–Trinajstić information content (AvgIpc) is 3.65. The summed E-state index contributed by atoms with van der Waals surface area (Å²) in [6, 6.07) is 18.3. The molecule has 3 amide bonds. The van der Waals surface area contributed by atoms with Crippen molar-refractivity contribution in [3.63, 3.8) is 0 Å². The van der Waals surface area contributed by atoms with Gasteiger partial charge in [-0.3, -0.25) is 14.4 Å². The third-order valence-corrected chi connectivity index (χ3v) is 12.0. The number of aliphatic hydroxyl groups is 1. The van der Waals surface area contributed by atoms with E-state index in [9.17, 15) is 19.5 Å². The molecule has 2 aromatic rings. The van der Waals surface area contributed by atoms with E-state index in [0.29, 0.717) is 32.6 Å². The minimum atomic E-state index is -0.780. The Kier molecular flexibility index (Phi) is 10.6. The van der Waals surface area contributed by atoms with E-state index in [0.717, 1.165) is 30.4 Å². The summed E-state index contributed by atoms with van der Waals surface area (Å²) in [6.45, 7) is 13.5. The van der Waals surface area contributed by atoms with Gasteiger partial charge in [0.1, 0.15) is 6.04 Å². The van der Waals surface area contributed by atoms with E-state index in [1.165, 1.54) is 0 Å². The van der Waals surface area contributed by atoms with Crippen molar-refractivity contribution in [2.75, 3.05) is 26.2 Å². The molecule has 1 N–H and O–H groups in total. The van der Waals surface area contributed by atoms with Crippen LogP contribution < -0.4 is 0 Å². The Bertz CT molecular complexity index is 1370. The molecule has 0 saturated carbocycles. The fraction of sp³-hybridized carbons (Fsp3) is 0.486. The number of amides is 3. The van der Waals surface area contributed by atoms with E-state index in [2.05, 4.69) is 27.0 Å². The first-order valence-corrected chi connectivity index (χ1v) is 17.2. The molecule has 7 atom stereocenters. The molecule has 5 rings (SSSR count). The van der Waals surface area contributed by atoms with Crippen LogP contribution in [0.4, 0.5) is 0 Å². The molecule has 7 nitrogen and oxygen atoms in total. The monoisotopic (exact) mass is 629 g/mol. The van der Waals surface area contributed by atoms with E-state index in [1.54, 1.807) is 33.7 Å². The van der Waals surface area contributed by atoms with Gasteiger partial charge >= 0.3 is 0 Å². The number of thioether (sulfide) groups is 1. The van der Waals surface area contributed by atoms with Gasteiger partial charge in [-0.15, -0.1) is 24.9 Å². The topological polar surface area (TPSA) is 81.2 Å². The number of carbonyl (C=O) groups excluding carboxylic acids is 3. The van der Waals surface area contributed by atoms with Gasteiger partial charge in [-0.25, -0.2) is 0 Å². The van der Waals surface area contributed by atoms with Crippen molar-refractivity contribution >= 4 is 29.5 Å². The zero-order chi connectivity index (χ0) is 32.1. The van der Waals surface area contributed by atoms with Crippen molar-refractivity contribution in [1.82, 2.24) is 14.7 Å². The normalized spacial score (nSPS) is 27.2. The Morgan fingerprint density at radius 1 is 1.02 bits per heavy atom. The second-order valence-corrected chi connectivity index (χ2v) is 14.3. The number of likely N-dealkylation sites (tertiary alicyclic amines) is 1. The molecule has 3 aliphatic rings. The molecule has 45 heavy (non-hydrogen) atoms. The Hall–Kier alpha value is -3.36. The summed E-state index contributed by atoms with van der Waals surface area (Å²) in [4.78, 5) is 49.5. The minimum absolute atomic E-state index is 0.0410. The van der Waals surface area contributed by atoms with Crippen LogP contribution in [0, 0.1) is 17.8 Å². The van der Waals surface area contributed by atoms with Crippen LogP contribution >= 0.6 is 11.8 Å². The van der Waals surface area contributed by atoms with Gasteiger partial charge in [0.05, 0.1) is 29.2 Å². The van der Waals surface area contributed by atoms with Gasteiger partial charge in [0.2, 0.25) is 17.7 Å². The lowest BCUT2D eigenvalue weighted by atomic mass is 9.65. The van der Waals surface area contributed by atoms with E-state index < -0.39 is 28.7 Å². The molecule has 0 radical (unpaired) electrons. The summed E-state index contributed by atoms with van der Waals surface area (Å²) in [5, 5.41) is 10.8. The number of rotatable bonds is 15. The third-order valence-electron chi connectivity index (χ3n) is 9.94. The Balaban J connectivity index is 1.57. The highest BCUT2D eigenvalue weighted by molar-refractivity contribution is 8.02. The molecule has 3 saturated heterocycles. The van der Waals surface area contributed by atoms with E-state index in [1.807, 2.05) is 65.6 Å². The van der Waals surface area contributed by atoms with Gasteiger partial charge in [-0.05, 0) is 36.3 Å². The van der Waals surface area contributed by atoms with E-state index in [-0.39, 0.29) is 35.5 Å². The van der Waals surface area contributed by atoms with Crippen LogP contribution in [0.25, 0.3) is 0 Å². The van der Waals surface area contributed by atoms with Crippen LogP contribution in [0.15, 0.2) is 86.0 Å². The largest absolute Gasteiger partial charge is 0.394 e. The predicted octanol–water partition coefficient (Wildman–Crippen LogP) is 4.96. The first-order chi connectivity index (χ1) is 21.8. The molecule has 3 unspecified atom stereocenters. The van der Waals surface area contributed by atoms with Gasteiger partial charge in [0.15, 0.2) is 0 Å². The van der Waals surface area contributed by atoms with Gasteiger partial charge in [-0.1, -0.05) is 93.1 Å². The Morgan fingerprint density at radius 2 is 1.64 bits per heavy atom. The summed E-state index contributed by atoms with van der Waals surface area (Å²) in [5.41, 5.74) is 2.00. The second kappa shape index (κ2) is 14.4. The molecule has 2 aromatic carbocycles. The summed E-state index contributed by atoms with van der Waals surface area (Å²) in [7, 11) is 0. The molecular formula is C37H47N3O4S. The molecule has 240 valence electrons. The van der Waals surface area contributed by atoms with Crippen LogP contribution in [0.2, 0.25) is 0 Å². The molecule has 0 aliphatic carbocycles. The number of benzene rings is 2. The van der Waals surface area contributed by atoms with Crippen molar-refractivity contribution in [1.29, 1.82) is 0 Å². The maximum Gasteiger partial charge on any atom is 0.247 e. The van der Waals surface area contributed by atoms with Crippen LogP contribution in [0.3, 0.4) is 0 Å². The van der Waals surface area contributed by atoms with Crippen molar-refractivity contribution in [2.45, 2.75) is 68.2 Å². The Morgan fingerprint density at radius 3 is 2.24 bits per heavy atom. The lowest BCUT2D eigenvalue weighted by Gasteiger charge is -2.42. The molecule has 3 heterocycles. The fourth-order valence-electron chi connectivity index (χ4n) is 7.92. The quantitative estimate of drug-likeness (QED) is 0.282. The maximum absolute atomic E-state index is 14.9. The summed E-state index contributed by atoms with van der Waals surface area (Å²) in [6.07, 6.45) is 6.42. The second-order valence-electron chi connectivity index (χ2n) is 12.7.